The van der Waals surface area contributed by atoms with E-state index in [-0.39, 0.29) is 16.6 Å². The van der Waals surface area contributed by atoms with Gasteiger partial charge in [-0.05, 0) is 108 Å². The van der Waals surface area contributed by atoms with Gasteiger partial charge in [0.15, 0.2) is 0 Å². The van der Waals surface area contributed by atoms with E-state index in [1.807, 2.05) is 24.3 Å². The van der Waals surface area contributed by atoms with Crippen molar-refractivity contribution in [3.63, 3.8) is 0 Å². The molecule has 2 saturated heterocycles. The molecule has 7 nitrogen and oxygen atoms in total. The molecule has 0 aliphatic carbocycles. The highest BCUT2D eigenvalue weighted by Crippen LogP contribution is 2.31. The molecule has 1 aromatic heterocycles. The van der Waals surface area contributed by atoms with E-state index < -0.39 is 0 Å². The SMILES string of the molecule is O=c1c(-c2ccc(OCCCCN3CCCCC3)cc2)coc2cc(OCCCCN3CCCCC3)cc(O)c12. The number of rotatable bonds is 13. The highest BCUT2D eigenvalue weighted by Gasteiger charge is 2.15. The third kappa shape index (κ3) is 7.79. The lowest BCUT2D eigenvalue weighted by Crippen LogP contribution is -2.30. The summed E-state index contributed by atoms with van der Waals surface area (Å²) in [6, 6.07) is 10.7. The number of nitrogens with zero attached hydrogens (tertiary/aromatic N) is 2. The van der Waals surface area contributed by atoms with Crippen molar-refractivity contribution in [2.75, 3.05) is 52.5 Å². The molecule has 3 aromatic rings. The van der Waals surface area contributed by atoms with E-state index >= 15 is 0 Å². The van der Waals surface area contributed by atoms with Crippen LogP contribution in [0, 0.1) is 0 Å². The van der Waals surface area contributed by atoms with Gasteiger partial charge in [0.1, 0.15) is 34.5 Å². The van der Waals surface area contributed by atoms with E-state index in [1.54, 1.807) is 6.07 Å². The number of hydrogen-bond acceptors (Lipinski definition) is 7. The summed E-state index contributed by atoms with van der Waals surface area (Å²) in [6.07, 6.45) is 13.6. The van der Waals surface area contributed by atoms with Crippen LogP contribution in [-0.4, -0.2) is 67.4 Å². The van der Waals surface area contributed by atoms with Gasteiger partial charge in [-0.25, -0.2) is 0 Å². The summed E-state index contributed by atoms with van der Waals surface area (Å²) in [5.41, 5.74) is 1.18. The Morgan fingerprint density at radius 2 is 1.30 bits per heavy atom. The zero-order valence-electron chi connectivity index (χ0n) is 23.7. The van der Waals surface area contributed by atoms with Crippen LogP contribution in [0.25, 0.3) is 22.1 Å². The van der Waals surface area contributed by atoms with Gasteiger partial charge in [0.2, 0.25) is 5.43 Å². The predicted molar refractivity (Wildman–Crippen MR) is 160 cm³/mol. The fourth-order valence-electron chi connectivity index (χ4n) is 5.84. The molecule has 2 aliphatic heterocycles. The number of benzene rings is 2. The van der Waals surface area contributed by atoms with E-state index in [9.17, 15) is 9.90 Å². The largest absolute Gasteiger partial charge is 0.507 e. The van der Waals surface area contributed by atoms with Gasteiger partial charge in [0.05, 0.1) is 18.8 Å². The lowest BCUT2D eigenvalue weighted by molar-refractivity contribution is 0.216. The molecule has 0 spiro atoms. The number of ether oxygens (including phenoxy) is 2. The van der Waals surface area contributed by atoms with E-state index in [0.29, 0.717) is 30.1 Å². The van der Waals surface area contributed by atoms with Crippen molar-refractivity contribution >= 4 is 11.0 Å². The van der Waals surface area contributed by atoms with E-state index in [1.165, 1.54) is 77.0 Å². The molecule has 5 rings (SSSR count). The molecule has 0 atom stereocenters. The maximum absolute atomic E-state index is 13.3. The molecule has 2 aromatic carbocycles. The molecular formula is C33H44N2O5. The molecule has 3 heterocycles. The zero-order valence-corrected chi connectivity index (χ0v) is 23.7. The minimum Gasteiger partial charge on any atom is -0.507 e. The molecule has 1 N–H and O–H groups in total. The molecule has 2 aliphatic rings. The topological polar surface area (TPSA) is 75.4 Å². The Labute approximate surface area is 237 Å². The number of piperidine rings is 2. The molecule has 2 fully saturated rings. The second-order valence-corrected chi connectivity index (χ2v) is 11.2. The Balaban J connectivity index is 1.12. The van der Waals surface area contributed by atoms with E-state index in [2.05, 4.69) is 9.80 Å². The van der Waals surface area contributed by atoms with E-state index in [0.717, 1.165) is 50.1 Å². The van der Waals surface area contributed by atoms with Gasteiger partial charge in [-0.1, -0.05) is 25.0 Å². The average molecular weight is 549 g/mol. The van der Waals surface area contributed by atoms with Crippen LogP contribution in [0.1, 0.15) is 64.2 Å². The van der Waals surface area contributed by atoms with Gasteiger partial charge >= 0.3 is 0 Å². The smallest absolute Gasteiger partial charge is 0.204 e. The summed E-state index contributed by atoms with van der Waals surface area (Å²) in [6.45, 7) is 8.38. The summed E-state index contributed by atoms with van der Waals surface area (Å²) < 4.78 is 17.6. The second-order valence-electron chi connectivity index (χ2n) is 11.2. The number of aromatic hydroxyl groups is 1. The fraction of sp³-hybridized carbons (Fsp3) is 0.545. The van der Waals surface area contributed by atoms with Crippen LogP contribution < -0.4 is 14.9 Å². The summed E-state index contributed by atoms with van der Waals surface area (Å²) in [5, 5.41) is 10.8. The lowest BCUT2D eigenvalue weighted by Gasteiger charge is -2.26. The quantitative estimate of drug-likeness (QED) is 0.246. The van der Waals surface area contributed by atoms with Gasteiger partial charge < -0.3 is 28.8 Å². The molecule has 0 radical (unpaired) electrons. The molecule has 0 unspecified atom stereocenters. The van der Waals surface area contributed by atoms with Gasteiger partial charge in [-0.15, -0.1) is 0 Å². The summed E-state index contributed by atoms with van der Waals surface area (Å²) >= 11 is 0. The Kier molecular flexibility index (Phi) is 10.4. The summed E-state index contributed by atoms with van der Waals surface area (Å²) in [5.74, 6) is 1.17. The Morgan fingerprint density at radius 1 is 0.725 bits per heavy atom. The number of phenolic OH excluding ortho intramolecular Hbond substituents is 1. The maximum Gasteiger partial charge on any atom is 0.204 e. The minimum absolute atomic E-state index is 0.124. The third-order valence-corrected chi connectivity index (χ3v) is 8.17. The number of likely N-dealkylation sites (tertiary alicyclic amines) is 2. The monoisotopic (exact) mass is 548 g/mol. The van der Waals surface area contributed by atoms with Crippen molar-refractivity contribution in [2.24, 2.45) is 0 Å². The van der Waals surface area contributed by atoms with Crippen LogP contribution in [0.4, 0.5) is 0 Å². The first kappa shape index (κ1) is 28.5. The van der Waals surface area contributed by atoms with Crippen LogP contribution in [0.5, 0.6) is 17.2 Å². The maximum atomic E-state index is 13.3. The van der Waals surface area contributed by atoms with E-state index in [4.69, 9.17) is 13.9 Å². The first-order chi connectivity index (χ1) is 19.7. The second kappa shape index (κ2) is 14.6. The molecule has 0 amide bonds. The highest BCUT2D eigenvalue weighted by atomic mass is 16.5. The van der Waals surface area contributed by atoms with Gasteiger partial charge in [0, 0.05) is 12.1 Å². The molecular weight excluding hydrogens is 504 g/mol. The van der Waals surface area contributed by atoms with Crippen molar-refractivity contribution in [3.05, 3.63) is 52.9 Å². The average Bonchev–Trinajstić information content (AvgIpc) is 2.98. The number of phenols is 1. The van der Waals surface area contributed by atoms with Crippen molar-refractivity contribution < 1.29 is 19.0 Å². The van der Waals surface area contributed by atoms with Crippen molar-refractivity contribution in [1.82, 2.24) is 9.80 Å². The van der Waals surface area contributed by atoms with Crippen molar-refractivity contribution in [2.45, 2.75) is 64.2 Å². The molecule has 216 valence electrons. The van der Waals surface area contributed by atoms with Gasteiger partial charge in [-0.2, -0.15) is 0 Å². The molecule has 7 heteroatoms. The standard InChI is InChI=1S/C33H44N2O5/c36-30-23-28(39-22-10-8-20-35-17-5-2-6-18-35)24-31-32(30)33(37)29(25-40-31)26-11-13-27(14-12-26)38-21-9-7-19-34-15-3-1-4-16-34/h11-14,23-25,36H,1-10,15-22H2. The predicted octanol–water partition coefficient (Wildman–Crippen LogP) is 6.46. The zero-order chi connectivity index (χ0) is 27.6. The van der Waals surface area contributed by atoms with Crippen LogP contribution in [0.2, 0.25) is 0 Å². The van der Waals surface area contributed by atoms with Crippen LogP contribution in [0.15, 0.2) is 51.9 Å². The number of hydrogen-bond donors (Lipinski definition) is 1. The molecule has 0 saturated carbocycles. The third-order valence-electron chi connectivity index (χ3n) is 8.17. The first-order valence-electron chi connectivity index (χ1n) is 15.3. The van der Waals surface area contributed by atoms with Gasteiger partial charge in [0.25, 0.3) is 0 Å². The van der Waals surface area contributed by atoms with Crippen LogP contribution >= 0.6 is 0 Å². The fourth-order valence-corrected chi connectivity index (χ4v) is 5.84. The minimum atomic E-state index is -0.266. The normalized spacial score (nSPS) is 16.8. The summed E-state index contributed by atoms with van der Waals surface area (Å²) in [4.78, 5) is 18.3. The number of unbranched alkanes of at least 4 members (excludes halogenated alkanes) is 2. The highest BCUT2D eigenvalue weighted by molar-refractivity contribution is 5.88. The van der Waals surface area contributed by atoms with Crippen molar-refractivity contribution in [3.8, 4) is 28.4 Å². The lowest BCUT2D eigenvalue weighted by atomic mass is 10.0. The van der Waals surface area contributed by atoms with Gasteiger partial charge in [-0.3, -0.25) is 4.79 Å². The Morgan fingerprint density at radius 3 is 1.90 bits per heavy atom. The number of fused-ring (bicyclic) bond motifs is 1. The Hall–Kier alpha value is -3.03. The summed E-state index contributed by atoms with van der Waals surface area (Å²) in [7, 11) is 0. The molecule has 40 heavy (non-hydrogen) atoms. The molecule has 0 bridgehead atoms. The van der Waals surface area contributed by atoms with Crippen molar-refractivity contribution in [1.29, 1.82) is 0 Å². The first-order valence-corrected chi connectivity index (χ1v) is 15.3. The van der Waals surface area contributed by atoms with Crippen LogP contribution in [-0.2, 0) is 0 Å². The Bertz CT molecular complexity index is 1260. The van der Waals surface area contributed by atoms with Crippen LogP contribution in [0.3, 0.4) is 0 Å².